The Labute approximate surface area is 230 Å². The summed E-state index contributed by atoms with van der Waals surface area (Å²) >= 11 is 0. The molecule has 0 aliphatic carbocycles. The van der Waals surface area contributed by atoms with Crippen molar-refractivity contribution >= 4 is 23.1 Å². The number of carbonyl (C=O) groups is 2. The second-order valence-electron chi connectivity index (χ2n) is 10.6. The number of pyridine rings is 1. The van der Waals surface area contributed by atoms with Crippen LogP contribution in [0.3, 0.4) is 0 Å². The number of ketones is 1. The van der Waals surface area contributed by atoms with E-state index in [1.807, 2.05) is 79.8 Å². The molecule has 39 heavy (non-hydrogen) atoms. The van der Waals surface area contributed by atoms with E-state index < -0.39 is 17.7 Å². The highest BCUT2D eigenvalue weighted by Gasteiger charge is 2.46. The van der Waals surface area contributed by atoms with E-state index in [0.717, 1.165) is 36.3 Å². The first-order valence-electron chi connectivity index (χ1n) is 13.8. The smallest absolute Gasteiger partial charge is 0.295 e. The van der Waals surface area contributed by atoms with Crippen LogP contribution in [-0.2, 0) is 9.59 Å². The number of imidazole rings is 1. The summed E-state index contributed by atoms with van der Waals surface area (Å²) < 4.78 is 7.80. The Morgan fingerprint density at radius 1 is 1.05 bits per heavy atom. The van der Waals surface area contributed by atoms with Crippen LogP contribution in [0.25, 0.3) is 11.4 Å². The van der Waals surface area contributed by atoms with Crippen molar-refractivity contribution < 1.29 is 19.4 Å². The second kappa shape index (κ2) is 12.5. The van der Waals surface area contributed by atoms with E-state index in [0.29, 0.717) is 36.6 Å². The first kappa shape index (κ1) is 28.4. The molecule has 1 fully saturated rings. The van der Waals surface area contributed by atoms with Crippen LogP contribution < -0.4 is 4.74 Å². The van der Waals surface area contributed by atoms with E-state index in [4.69, 9.17) is 4.74 Å². The Kier molecular flexibility index (Phi) is 9.07. The normalized spacial score (nSPS) is 17.1. The molecule has 1 atom stereocenters. The third-order valence-corrected chi connectivity index (χ3v) is 7.32. The maximum atomic E-state index is 13.4. The number of amides is 1. The molecular weight excluding hydrogens is 492 g/mol. The highest BCUT2D eigenvalue weighted by Crippen LogP contribution is 2.40. The molecule has 3 heterocycles. The third kappa shape index (κ3) is 6.01. The molecular formula is C31H40N4O4. The zero-order valence-electron chi connectivity index (χ0n) is 23.7. The fourth-order valence-electron chi connectivity index (χ4n) is 5.15. The number of unbranched alkanes of at least 4 members (excludes halogenated alkanes) is 3. The summed E-state index contributed by atoms with van der Waals surface area (Å²) in [5.41, 5.74) is 3.49. The molecule has 1 amide bonds. The SMILES string of the molecule is CCCCCCOc1ccc(C2/C(=C(\O)c3nc4c(C)cccn4c3C)C(=O)C(=O)N2CCCN(C)C)cc1. The molecule has 3 aromatic rings. The maximum absolute atomic E-state index is 13.4. The number of fused-ring (bicyclic) bond motifs is 1. The number of aromatic nitrogens is 2. The highest BCUT2D eigenvalue weighted by atomic mass is 16.5. The molecule has 1 unspecified atom stereocenters. The lowest BCUT2D eigenvalue weighted by atomic mass is 9.96. The van der Waals surface area contributed by atoms with Gasteiger partial charge in [0.25, 0.3) is 11.7 Å². The first-order chi connectivity index (χ1) is 18.7. The van der Waals surface area contributed by atoms with Gasteiger partial charge in [0.1, 0.15) is 17.1 Å². The van der Waals surface area contributed by atoms with Crippen LogP contribution in [0.2, 0.25) is 0 Å². The molecule has 0 spiro atoms. The highest BCUT2D eigenvalue weighted by molar-refractivity contribution is 6.46. The van der Waals surface area contributed by atoms with E-state index in [2.05, 4.69) is 11.9 Å². The molecule has 1 aliphatic rings. The number of aliphatic hydroxyl groups is 1. The molecule has 0 saturated carbocycles. The number of likely N-dealkylation sites (tertiary alicyclic amines) is 1. The summed E-state index contributed by atoms with van der Waals surface area (Å²) in [5.74, 6) is -0.794. The molecule has 208 valence electrons. The third-order valence-electron chi connectivity index (χ3n) is 7.32. The van der Waals surface area contributed by atoms with Crippen molar-refractivity contribution in [3.8, 4) is 5.75 Å². The summed E-state index contributed by atoms with van der Waals surface area (Å²) in [7, 11) is 3.95. The summed E-state index contributed by atoms with van der Waals surface area (Å²) in [5, 5.41) is 11.6. The van der Waals surface area contributed by atoms with Crippen molar-refractivity contribution in [1.82, 2.24) is 19.2 Å². The van der Waals surface area contributed by atoms with Gasteiger partial charge in [0, 0.05) is 12.7 Å². The van der Waals surface area contributed by atoms with E-state index in [9.17, 15) is 14.7 Å². The second-order valence-corrected chi connectivity index (χ2v) is 10.6. The summed E-state index contributed by atoms with van der Waals surface area (Å²) in [6.07, 6.45) is 7.08. The minimum absolute atomic E-state index is 0.0715. The molecule has 8 heteroatoms. The van der Waals surface area contributed by atoms with Gasteiger partial charge in [0.05, 0.1) is 23.9 Å². The number of Topliss-reactive ketones (excluding diaryl/α,β-unsaturated/α-hetero) is 1. The fourth-order valence-corrected chi connectivity index (χ4v) is 5.15. The number of benzene rings is 1. The van der Waals surface area contributed by atoms with Crippen molar-refractivity contribution in [1.29, 1.82) is 0 Å². The molecule has 8 nitrogen and oxygen atoms in total. The van der Waals surface area contributed by atoms with E-state index in [1.165, 1.54) is 12.8 Å². The Bertz CT molecular complexity index is 1360. The van der Waals surface area contributed by atoms with E-state index in [-0.39, 0.29) is 11.3 Å². The summed E-state index contributed by atoms with van der Waals surface area (Å²) in [6, 6.07) is 10.6. The van der Waals surface area contributed by atoms with E-state index >= 15 is 0 Å². The molecule has 4 rings (SSSR count). The van der Waals surface area contributed by atoms with Gasteiger partial charge in [0.15, 0.2) is 5.76 Å². The number of nitrogens with zero attached hydrogens (tertiary/aromatic N) is 4. The molecule has 1 aromatic carbocycles. The monoisotopic (exact) mass is 532 g/mol. The van der Waals surface area contributed by atoms with Crippen LogP contribution in [0.1, 0.15) is 67.6 Å². The summed E-state index contributed by atoms with van der Waals surface area (Å²) in [4.78, 5) is 35.0. The van der Waals surface area contributed by atoms with Crippen LogP contribution in [0, 0.1) is 13.8 Å². The zero-order valence-corrected chi connectivity index (χ0v) is 23.7. The number of rotatable bonds is 12. The Hall–Kier alpha value is -3.65. The van der Waals surface area contributed by atoms with Gasteiger partial charge in [-0.05, 0) is 76.7 Å². The Morgan fingerprint density at radius 3 is 2.46 bits per heavy atom. The lowest BCUT2D eigenvalue weighted by Crippen LogP contribution is -2.32. The number of carbonyl (C=O) groups excluding carboxylic acids is 2. The molecule has 1 N–H and O–H groups in total. The lowest BCUT2D eigenvalue weighted by molar-refractivity contribution is -0.139. The van der Waals surface area contributed by atoms with Gasteiger partial charge in [-0.25, -0.2) is 4.98 Å². The van der Waals surface area contributed by atoms with E-state index in [1.54, 1.807) is 4.90 Å². The standard InChI is InChI=1S/C31H40N4O4/c1-6-7-8-9-20-39-24-15-13-23(14-16-24)27-25(29(37)31(38)35(27)19-11-17-33(4)5)28(36)26-22(3)34-18-10-12-21(2)30(34)32-26/h10,12-16,18,27,36H,6-9,11,17,19-20H2,1-5H3/b28-25+. The Morgan fingerprint density at radius 2 is 1.79 bits per heavy atom. The Balaban J connectivity index is 1.72. The molecule has 1 saturated heterocycles. The number of ether oxygens (including phenoxy) is 1. The van der Waals surface area contributed by atoms with Gasteiger partial charge in [-0.2, -0.15) is 0 Å². The van der Waals surface area contributed by atoms with Gasteiger partial charge in [-0.3, -0.25) is 9.59 Å². The number of aryl methyl sites for hydroxylation is 2. The van der Waals surface area contributed by atoms with Crippen molar-refractivity contribution in [3.05, 3.63) is 70.7 Å². The molecule has 2 aromatic heterocycles. The van der Waals surface area contributed by atoms with Crippen molar-refractivity contribution in [2.45, 2.75) is 58.9 Å². The largest absolute Gasteiger partial charge is 0.505 e. The number of hydrogen-bond donors (Lipinski definition) is 1. The minimum atomic E-state index is -0.712. The molecule has 0 bridgehead atoms. The average Bonchev–Trinajstić information content (AvgIpc) is 3.38. The van der Waals surface area contributed by atoms with Gasteiger partial charge in [-0.1, -0.05) is 44.4 Å². The fraction of sp³-hybridized carbons (Fsp3) is 0.452. The zero-order chi connectivity index (χ0) is 28.1. The van der Waals surface area contributed by atoms with Crippen molar-refractivity contribution in [2.75, 3.05) is 33.8 Å². The van der Waals surface area contributed by atoms with Crippen LogP contribution >= 0.6 is 0 Å². The predicted molar refractivity (Wildman–Crippen MR) is 153 cm³/mol. The van der Waals surface area contributed by atoms with Gasteiger partial charge >= 0.3 is 0 Å². The first-order valence-corrected chi connectivity index (χ1v) is 13.8. The summed E-state index contributed by atoms with van der Waals surface area (Å²) in [6.45, 7) is 7.79. The molecule has 0 radical (unpaired) electrons. The quantitative estimate of drug-likeness (QED) is 0.148. The topological polar surface area (TPSA) is 87.4 Å². The minimum Gasteiger partial charge on any atom is -0.505 e. The van der Waals surface area contributed by atoms with Crippen LogP contribution in [-0.4, -0.2) is 69.8 Å². The van der Waals surface area contributed by atoms with Crippen molar-refractivity contribution in [2.24, 2.45) is 0 Å². The van der Waals surface area contributed by atoms with Gasteiger partial charge in [-0.15, -0.1) is 0 Å². The van der Waals surface area contributed by atoms with Crippen molar-refractivity contribution in [3.63, 3.8) is 0 Å². The van der Waals surface area contributed by atoms with Gasteiger partial charge < -0.3 is 24.0 Å². The van der Waals surface area contributed by atoms with Crippen LogP contribution in [0.4, 0.5) is 0 Å². The number of hydrogen-bond acceptors (Lipinski definition) is 6. The van der Waals surface area contributed by atoms with Crippen LogP contribution in [0.15, 0.2) is 48.2 Å². The lowest BCUT2D eigenvalue weighted by Gasteiger charge is -2.26. The molecule has 1 aliphatic heterocycles. The predicted octanol–water partition coefficient (Wildman–Crippen LogP) is 5.28. The maximum Gasteiger partial charge on any atom is 0.295 e. The van der Waals surface area contributed by atoms with Gasteiger partial charge in [0.2, 0.25) is 0 Å². The average molecular weight is 533 g/mol. The van der Waals surface area contributed by atoms with Crippen LogP contribution in [0.5, 0.6) is 5.75 Å². The number of aliphatic hydroxyl groups excluding tert-OH is 1.